The summed E-state index contributed by atoms with van der Waals surface area (Å²) in [5.74, 6) is 1.82. The molecule has 0 aliphatic rings. The molecule has 8 nitrogen and oxygen atoms in total. The van der Waals surface area contributed by atoms with E-state index >= 15 is 0 Å². The lowest BCUT2D eigenvalue weighted by Gasteiger charge is -2.15. The predicted molar refractivity (Wildman–Crippen MR) is 131 cm³/mol. The van der Waals surface area contributed by atoms with Crippen LogP contribution in [0.2, 0.25) is 5.02 Å². The minimum Gasteiger partial charge on any atom is -0.287 e. The van der Waals surface area contributed by atoms with Gasteiger partial charge in [-0.05, 0) is 36.2 Å². The fraction of sp³-hybridized carbons (Fsp3) is 0.261. The number of thioether (sulfide) groups is 1. The molecule has 10 heteroatoms. The van der Waals surface area contributed by atoms with Gasteiger partial charge in [0.2, 0.25) is 5.78 Å². The van der Waals surface area contributed by atoms with E-state index in [1.807, 2.05) is 22.6 Å². The molecule has 0 unspecified atom stereocenters. The standard InChI is InChI=1S/C23H21ClN6O2S/c1-13(2)11-29-21(32)16-10-14(24)8-9-17(16)25-23(29)33-12-19-26-27-22-28(3)20(31)15-6-4-5-7-18(15)30(19)22/h4-10,13H,11-12H2,1-3H3. The first-order valence-electron chi connectivity index (χ1n) is 10.5. The first-order chi connectivity index (χ1) is 15.8. The molecule has 0 aliphatic carbocycles. The summed E-state index contributed by atoms with van der Waals surface area (Å²) < 4.78 is 5.08. The summed E-state index contributed by atoms with van der Waals surface area (Å²) >= 11 is 7.54. The Kier molecular flexibility index (Phi) is 5.46. The van der Waals surface area contributed by atoms with Crippen LogP contribution in [0.3, 0.4) is 0 Å². The van der Waals surface area contributed by atoms with Gasteiger partial charge in [-0.15, -0.1) is 10.2 Å². The molecule has 2 aromatic carbocycles. The molecule has 0 bridgehead atoms. The van der Waals surface area contributed by atoms with E-state index < -0.39 is 0 Å². The van der Waals surface area contributed by atoms with Crippen LogP contribution in [-0.4, -0.2) is 28.7 Å². The lowest BCUT2D eigenvalue weighted by atomic mass is 10.2. The molecule has 3 aromatic heterocycles. The van der Waals surface area contributed by atoms with Crippen molar-refractivity contribution in [2.45, 2.75) is 31.3 Å². The maximum Gasteiger partial charge on any atom is 0.262 e. The average molecular weight is 481 g/mol. The van der Waals surface area contributed by atoms with Crippen molar-refractivity contribution in [2.24, 2.45) is 13.0 Å². The summed E-state index contributed by atoms with van der Waals surface area (Å²) in [4.78, 5) is 30.7. The third kappa shape index (κ3) is 3.71. The largest absolute Gasteiger partial charge is 0.287 e. The van der Waals surface area contributed by atoms with Gasteiger partial charge >= 0.3 is 0 Å². The predicted octanol–water partition coefficient (Wildman–Crippen LogP) is 3.89. The third-order valence-corrected chi connectivity index (χ3v) is 6.66. The maximum atomic E-state index is 13.2. The van der Waals surface area contributed by atoms with Gasteiger partial charge in [-0.25, -0.2) is 4.98 Å². The number of aryl methyl sites for hydroxylation is 1. The van der Waals surface area contributed by atoms with E-state index in [0.717, 1.165) is 5.52 Å². The Hall–Kier alpha value is -3.17. The minimum absolute atomic E-state index is 0.113. The number of rotatable bonds is 5. The number of nitrogens with zero attached hydrogens (tertiary/aromatic N) is 6. The third-order valence-electron chi connectivity index (χ3n) is 5.45. The van der Waals surface area contributed by atoms with E-state index in [4.69, 9.17) is 16.6 Å². The number of halogens is 1. The topological polar surface area (TPSA) is 87.1 Å². The van der Waals surface area contributed by atoms with Crippen LogP contribution in [0.5, 0.6) is 0 Å². The molecule has 0 saturated heterocycles. The van der Waals surface area contributed by atoms with Crippen LogP contribution in [0.25, 0.3) is 27.6 Å². The number of benzene rings is 2. The molecule has 0 atom stereocenters. The number of fused-ring (bicyclic) bond motifs is 4. The lowest BCUT2D eigenvalue weighted by Crippen LogP contribution is -2.25. The molecule has 3 heterocycles. The molecule has 0 spiro atoms. The second-order valence-corrected chi connectivity index (χ2v) is 9.67. The average Bonchev–Trinajstić information content (AvgIpc) is 3.23. The summed E-state index contributed by atoms with van der Waals surface area (Å²) in [5.41, 5.74) is 1.12. The summed E-state index contributed by atoms with van der Waals surface area (Å²) in [6.45, 7) is 4.65. The zero-order chi connectivity index (χ0) is 23.3. The molecule has 5 rings (SSSR count). The normalized spacial score (nSPS) is 11.9. The molecule has 168 valence electrons. The van der Waals surface area contributed by atoms with E-state index in [9.17, 15) is 9.59 Å². The van der Waals surface area contributed by atoms with Gasteiger partial charge in [-0.1, -0.05) is 49.3 Å². The van der Waals surface area contributed by atoms with Gasteiger partial charge in [0.15, 0.2) is 5.16 Å². The van der Waals surface area contributed by atoms with Gasteiger partial charge in [0.25, 0.3) is 11.1 Å². The van der Waals surface area contributed by atoms with Crippen molar-refractivity contribution in [3.63, 3.8) is 0 Å². The van der Waals surface area contributed by atoms with Crippen LogP contribution in [0.1, 0.15) is 19.7 Å². The molecule has 0 N–H and O–H groups in total. The fourth-order valence-electron chi connectivity index (χ4n) is 3.92. The Morgan fingerprint density at radius 1 is 1.03 bits per heavy atom. The first kappa shape index (κ1) is 21.7. The smallest absolute Gasteiger partial charge is 0.262 e. The molecule has 0 amide bonds. The second kappa shape index (κ2) is 8.31. The van der Waals surface area contributed by atoms with Crippen LogP contribution >= 0.6 is 23.4 Å². The Morgan fingerprint density at radius 3 is 2.61 bits per heavy atom. The van der Waals surface area contributed by atoms with Crippen molar-refractivity contribution in [1.29, 1.82) is 0 Å². The zero-order valence-electron chi connectivity index (χ0n) is 18.3. The highest BCUT2D eigenvalue weighted by molar-refractivity contribution is 7.98. The number of hydrogen-bond acceptors (Lipinski definition) is 6. The van der Waals surface area contributed by atoms with E-state index in [-0.39, 0.29) is 17.0 Å². The van der Waals surface area contributed by atoms with Crippen molar-refractivity contribution in [2.75, 3.05) is 0 Å². The Morgan fingerprint density at radius 2 is 1.82 bits per heavy atom. The number of para-hydroxylation sites is 1. The Balaban J connectivity index is 1.63. The first-order valence-corrected chi connectivity index (χ1v) is 11.9. The van der Waals surface area contributed by atoms with Gasteiger partial charge in [-0.3, -0.25) is 23.1 Å². The maximum absolute atomic E-state index is 13.2. The monoisotopic (exact) mass is 480 g/mol. The highest BCUT2D eigenvalue weighted by atomic mass is 35.5. The molecule has 0 aliphatic heterocycles. The summed E-state index contributed by atoms with van der Waals surface area (Å²) in [6.07, 6.45) is 0. The quantitative estimate of drug-likeness (QED) is 0.280. The van der Waals surface area contributed by atoms with Crippen molar-refractivity contribution in [1.82, 2.24) is 28.7 Å². The highest BCUT2D eigenvalue weighted by Gasteiger charge is 2.17. The van der Waals surface area contributed by atoms with Crippen LogP contribution in [0, 0.1) is 5.92 Å². The van der Waals surface area contributed by atoms with Gasteiger partial charge in [0.05, 0.1) is 27.6 Å². The van der Waals surface area contributed by atoms with Gasteiger partial charge in [0, 0.05) is 18.6 Å². The van der Waals surface area contributed by atoms with Gasteiger partial charge in [-0.2, -0.15) is 0 Å². The summed E-state index contributed by atoms with van der Waals surface area (Å²) in [7, 11) is 1.69. The Bertz CT molecular complexity index is 1650. The molecule has 5 aromatic rings. The minimum atomic E-state index is -0.120. The number of aromatic nitrogens is 6. The van der Waals surface area contributed by atoms with E-state index in [1.165, 1.54) is 16.3 Å². The summed E-state index contributed by atoms with van der Waals surface area (Å²) in [5, 5.41) is 10.8. The van der Waals surface area contributed by atoms with Gasteiger partial charge < -0.3 is 0 Å². The summed E-state index contributed by atoms with van der Waals surface area (Å²) in [6, 6.07) is 12.6. The Labute approximate surface area is 197 Å². The van der Waals surface area contributed by atoms with Crippen molar-refractivity contribution in [3.8, 4) is 0 Å². The van der Waals surface area contributed by atoms with Crippen LogP contribution < -0.4 is 11.1 Å². The van der Waals surface area contributed by atoms with E-state index in [2.05, 4.69) is 24.0 Å². The molecule has 0 saturated carbocycles. The molecular formula is C23H21ClN6O2S. The van der Waals surface area contributed by atoms with E-state index in [1.54, 1.807) is 35.9 Å². The van der Waals surface area contributed by atoms with Crippen molar-refractivity contribution in [3.05, 3.63) is 74.0 Å². The fourth-order valence-corrected chi connectivity index (χ4v) is 5.02. The van der Waals surface area contributed by atoms with Crippen LogP contribution in [0.15, 0.2) is 57.2 Å². The SMILES string of the molecule is CC(C)Cn1c(SCc2nnc3n(C)c(=O)c4ccccc4n23)nc2ccc(Cl)cc2c1=O. The van der Waals surface area contributed by atoms with Crippen LogP contribution in [-0.2, 0) is 19.3 Å². The van der Waals surface area contributed by atoms with Crippen molar-refractivity contribution >= 4 is 50.9 Å². The molecule has 0 fully saturated rings. The zero-order valence-corrected chi connectivity index (χ0v) is 19.9. The molecular weight excluding hydrogens is 460 g/mol. The molecule has 0 radical (unpaired) electrons. The van der Waals surface area contributed by atoms with E-state index in [0.29, 0.717) is 50.4 Å². The second-order valence-electron chi connectivity index (χ2n) is 8.29. The van der Waals surface area contributed by atoms with Crippen LogP contribution in [0.4, 0.5) is 0 Å². The molecule has 33 heavy (non-hydrogen) atoms. The number of hydrogen-bond donors (Lipinski definition) is 0. The lowest BCUT2D eigenvalue weighted by molar-refractivity contribution is 0.475. The highest BCUT2D eigenvalue weighted by Crippen LogP contribution is 2.25. The van der Waals surface area contributed by atoms with Gasteiger partial charge in [0.1, 0.15) is 5.82 Å². The van der Waals surface area contributed by atoms with Crippen molar-refractivity contribution < 1.29 is 0 Å².